The summed E-state index contributed by atoms with van der Waals surface area (Å²) in [5, 5.41) is 0.863. The topological polar surface area (TPSA) is 78.9 Å². The van der Waals surface area contributed by atoms with Crippen LogP contribution in [0.5, 0.6) is 5.88 Å². The molecule has 2 saturated heterocycles. The van der Waals surface area contributed by atoms with E-state index in [1.165, 1.54) is 6.33 Å². The lowest BCUT2D eigenvalue weighted by Gasteiger charge is -2.37. The van der Waals surface area contributed by atoms with Gasteiger partial charge in [0.1, 0.15) is 6.33 Å². The number of methoxy groups -OCH3 is 1. The largest absolute Gasteiger partial charge is 0.480 e. The molecule has 2 aliphatic heterocycles. The summed E-state index contributed by atoms with van der Waals surface area (Å²) in [6.45, 7) is 3.61. The number of nitrogens with zero attached hydrogens (tertiary/aromatic N) is 5. The molecule has 4 rings (SSSR count). The summed E-state index contributed by atoms with van der Waals surface area (Å²) in [6, 6.07) is 6.00. The van der Waals surface area contributed by atoms with E-state index in [0.717, 1.165) is 42.3 Å². The summed E-state index contributed by atoms with van der Waals surface area (Å²) in [5.41, 5.74) is 1.87. The number of benzene rings is 1. The zero-order chi connectivity index (χ0) is 19.6. The second-order valence-electron chi connectivity index (χ2n) is 7.29. The molecule has 152 valence electrons. The van der Waals surface area contributed by atoms with Crippen molar-refractivity contribution in [2.45, 2.75) is 25.7 Å². The quantitative estimate of drug-likeness (QED) is 0.773. The van der Waals surface area contributed by atoms with Gasteiger partial charge in [-0.15, -0.1) is 0 Å². The number of ether oxygens (including phenoxy) is 1. The zero-order valence-corrected chi connectivity index (χ0v) is 17.1. The van der Waals surface area contributed by atoms with Crippen molar-refractivity contribution in [3.63, 3.8) is 0 Å². The predicted octanol–water partition coefficient (Wildman–Crippen LogP) is 1.88. The van der Waals surface area contributed by atoms with Crippen LogP contribution >= 0.6 is 0 Å². The molecule has 8 nitrogen and oxygen atoms in total. The summed E-state index contributed by atoms with van der Waals surface area (Å²) in [6.07, 6.45) is 5.65. The fourth-order valence-electron chi connectivity index (χ4n) is 3.99. The van der Waals surface area contributed by atoms with Gasteiger partial charge in [-0.05, 0) is 31.0 Å². The van der Waals surface area contributed by atoms with Crippen LogP contribution in [0.15, 0.2) is 24.5 Å². The first kappa shape index (κ1) is 19.4. The van der Waals surface area contributed by atoms with E-state index < -0.39 is 10.2 Å². The molecule has 9 heteroatoms. The van der Waals surface area contributed by atoms with Crippen LogP contribution in [0.2, 0.25) is 0 Å². The smallest absolute Gasteiger partial charge is 0.282 e. The Bertz CT molecular complexity index is 920. The normalized spacial score (nSPS) is 20.2. The first-order chi connectivity index (χ1) is 13.6. The molecule has 0 amide bonds. The molecule has 0 bridgehead atoms. The van der Waals surface area contributed by atoms with E-state index in [1.807, 2.05) is 18.2 Å². The Morgan fingerprint density at radius 2 is 1.57 bits per heavy atom. The standard InChI is InChI=1S/C19H27N5O3S/c1-27-19-17-14-16(6-7-18(17)20-15-21-19)22-10-12-24(13-11-22)28(25,26)23-8-4-2-3-5-9-23/h6-7,14-15H,2-5,8-13H2,1H3. The van der Waals surface area contributed by atoms with E-state index in [1.54, 1.807) is 15.7 Å². The number of anilines is 1. The Kier molecular flexibility index (Phi) is 5.65. The molecule has 28 heavy (non-hydrogen) atoms. The summed E-state index contributed by atoms with van der Waals surface area (Å²) in [7, 11) is -1.76. The minimum absolute atomic E-state index is 0.499. The van der Waals surface area contributed by atoms with Gasteiger partial charge in [-0.1, -0.05) is 12.8 Å². The maximum atomic E-state index is 13.0. The highest BCUT2D eigenvalue weighted by Gasteiger charge is 2.32. The number of rotatable bonds is 4. The van der Waals surface area contributed by atoms with E-state index in [9.17, 15) is 8.42 Å². The predicted molar refractivity (Wildman–Crippen MR) is 109 cm³/mol. The van der Waals surface area contributed by atoms with Crippen LogP contribution in [-0.4, -0.2) is 73.4 Å². The summed E-state index contributed by atoms with van der Waals surface area (Å²) in [5.74, 6) is 0.550. The maximum Gasteiger partial charge on any atom is 0.282 e. The van der Waals surface area contributed by atoms with Gasteiger partial charge in [-0.25, -0.2) is 9.97 Å². The third-order valence-corrected chi connectivity index (χ3v) is 7.63. The highest BCUT2D eigenvalue weighted by Crippen LogP contribution is 2.27. The Morgan fingerprint density at radius 3 is 2.25 bits per heavy atom. The Morgan fingerprint density at radius 1 is 0.893 bits per heavy atom. The van der Waals surface area contributed by atoms with Crippen LogP contribution in [0.3, 0.4) is 0 Å². The lowest BCUT2D eigenvalue weighted by Crippen LogP contribution is -2.53. The average Bonchev–Trinajstić information content (AvgIpc) is 3.03. The number of fused-ring (bicyclic) bond motifs is 1. The highest BCUT2D eigenvalue weighted by atomic mass is 32.2. The minimum atomic E-state index is -3.36. The number of hydrogen-bond donors (Lipinski definition) is 0. The van der Waals surface area contributed by atoms with E-state index in [2.05, 4.69) is 14.9 Å². The van der Waals surface area contributed by atoms with Crippen LogP contribution < -0.4 is 9.64 Å². The molecule has 3 heterocycles. The fourth-order valence-corrected chi connectivity index (χ4v) is 5.66. The van der Waals surface area contributed by atoms with Gasteiger partial charge < -0.3 is 9.64 Å². The lowest BCUT2D eigenvalue weighted by atomic mass is 10.2. The summed E-state index contributed by atoms with van der Waals surface area (Å²) < 4.78 is 34.6. The second-order valence-corrected chi connectivity index (χ2v) is 9.22. The third-order valence-electron chi connectivity index (χ3n) is 5.60. The molecule has 0 radical (unpaired) electrons. The van der Waals surface area contributed by atoms with Gasteiger partial charge >= 0.3 is 0 Å². The van der Waals surface area contributed by atoms with E-state index in [-0.39, 0.29) is 0 Å². The van der Waals surface area contributed by atoms with Crippen molar-refractivity contribution in [2.24, 2.45) is 0 Å². The monoisotopic (exact) mass is 405 g/mol. The molecular weight excluding hydrogens is 378 g/mol. The Labute approximate surface area is 166 Å². The second kappa shape index (κ2) is 8.18. The maximum absolute atomic E-state index is 13.0. The van der Waals surface area contributed by atoms with Gasteiger partial charge in [0.15, 0.2) is 0 Å². The van der Waals surface area contributed by atoms with Gasteiger partial charge in [0.25, 0.3) is 10.2 Å². The van der Waals surface area contributed by atoms with Gasteiger partial charge in [0, 0.05) is 45.0 Å². The van der Waals surface area contributed by atoms with Crippen molar-refractivity contribution in [1.29, 1.82) is 0 Å². The minimum Gasteiger partial charge on any atom is -0.480 e. The molecule has 0 atom stereocenters. The van der Waals surface area contributed by atoms with Crippen LogP contribution in [0, 0.1) is 0 Å². The van der Waals surface area contributed by atoms with Gasteiger partial charge in [0.2, 0.25) is 5.88 Å². The molecule has 0 spiro atoms. The molecular formula is C19H27N5O3S. The van der Waals surface area contributed by atoms with Gasteiger partial charge in [-0.3, -0.25) is 0 Å². The third kappa shape index (κ3) is 3.78. The van der Waals surface area contributed by atoms with Crippen molar-refractivity contribution in [1.82, 2.24) is 18.6 Å². The number of aromatic nitrogens is 2. The first-order valence-corrected chi connectivity index (χ1v) is 11.3. The van der Waals surface area contributed by atoms with Crippen molar-refractivity contribution in [2.75, 3.05) is 51.3 Å². The van der Waals surface area contributed by atoms with Crippen LogP contribution in [0.1, 0.15) is 25.7 Å². The molecule has 0 unspecified atom stereocenters. The average molecular weight is 406 g/mol. The van der Waals surface area contributed by atoms with Crippen molar-refractivity contribution >= 4 is 26.8 Å². The fraction of sp³-hybridized carbons (Fsp3) is 0.579. The molecule has 0 aliphatic carbocycles. The SMILES string of the molecule is COc1ncnc2ccc(N3CCN(S(=O)(=O)N4CCCCCC4)CC3)cc12. The molecule has 0 N–H and O–H groups in total. The summed E-state index contributed by atoms with van der Waals surface area (Å²) >= 11 is 0. The number of hydrogen-bond acceptors (Lipinski definition) is 6. The van der Waals surface area contributed by atoms with E-state index in [4.69, 9.17) is 4.74 Å². The van der Waals surface area contributed by atoms with Gasteiger partial charge in [-0.2, -0.15) is 17.0 Å². The number of piperazine rings is 1. The van der Waals surface area contributed by atoms with Crippen molar-refractivity contribution < 1.29 is 13.2 Å². The van der Waals surface area contributed by atoms with Crippen LogP contribution in [0.4, 0.5) is 5.69 Å². The highest BCUT2D eigenvalue weighted by molar-refractivity contribution is 7.86. The van der Waals surface area contributed by atoms with Crippen molar-refractivity contribution in [3.8, 4) is 5.88 Å². The molecule has 2 aromatic rings. The van der Waals surface area contributed by atoms with Crippen molar-refractivity contribution in [3.05, 3.63) is 24.5 Å². The zero-order valence-electron chi connectivity index (χ0n) is 16.2. The first-order valence-electron chi connectivity index (χ1n) is 9.88. The van der Waals surface area contributed by atoms with Crippen LogP contribution in [0.25, 0.3) is 10.9 Å². The molecule has 1 aromatic heterocycles. The van der Waals surface area contributed by atoms with Gasteiger partial charge in [0.05, 0.1) is 18.0 Å². The summed E-state index contributed by atoms with van der Waals surface area (Å²) in [4.78, 5) is 10.7. The van der Waals surface area contributed by atoms with Crippen LogP contribution in [-0.2, 0) is 10.2 Å². The Balaban J connectivity index is 1.47. The molecule has 2 fully saturated rings. The van der Waals surface area contributed by atoms with E-state index >= 15 is 0 Å². The van der Waals surface area contributed by atoms with E-state index in [0.29, 0.717) is 45.1 Å². The molecule has 1 aromatic carbocycles. The molecule has 2 aliphatic rings. The lowest BCUT2D eigenvalue weighted by molar-refractivity contribution is 0.327. The Hall–Kier alpha value is -1.97. The molecule has 0 saturated carbocycles.